The van der Waals surface area contributed by atoms with Crippen molar-refractivity contribution in [2.24, 2.45) is 0 Å². The molecule has 0 aliphatic carbocycles. The van der Waals surface area contributed by atoms with Gasteiger partial charge in [0.2, 0.25) is 5.88 Å². The molecule has 1 heterocycles. The Balaban J connectivity index is 2.31. The molecule has 6 heteroatoms. The Bertz CT molecular complexity index is 638. The van der Waals surface area contributed by atoms with Gasteiger partial charge < -0.3 is 14.8 Å². The predicted molar refractivity (Wildman–Crippen MR) is 77.2 cm³/mol. The normalized spacial score (nSPS) is 10.7. The smallest absolute Gasteiger partial charge is 0.262 e. The maximum atomic E-state index is 12.1. The Morgan fingerprint density at radius 2 is 2.05 bits per heavy atom. The van der Waals surface area contributed by atoms with Crippen molar-refractivity contribution in [3.05, 3.63) is 45.5 Å². The summed E-state index contributed by atoms with van der Waals surface area (Å²) in [7, 11) is 1.61. The first-order chi connectivity index (χ1) is 9.61. The molecule has 106 valence electrons. The third-order valence-corrected chi connectivity index (χ3v) is 3.10. The van der Waals surface area contributed by atoms with Crippen LogP contribution in [0.5, 0.6) is 5.88 Å². The molecule has 0 atom stereocenters. The molecular weight excluding hydrogens is 280 g/mol. The van der Waals surface area contributed by atoms with E-state index < -0.39 is 0 Å². The molecule has 2 aromatic rings. The first-order valence-corrected chi connectivity index (χ1v) is 6.56. The summed E-state index contributed by atoms with van der Waals surface area (Å²) < 4.78 is 4.93. The van der Waals surface area contributed by atoms with E-state index in [0.717, 1.165) is 6.42 Å². The fourth-order valence-corrected chi connectivity index (χ4v) is 2.01. The molecule has 0 saturated heterocycles. The van der Waals surface area contributed by atoms with Gasteiger partial charge in [-0.05, 0) is 24.1 Å². The summed E-state index contributed by atoms with van der Waals surface area (Å²) in [5, 5.41) is 10.5. The molecule has 0 spiro atoms. The van der Waals surface area contributed by atoms with Gasteiger partial charge in [0.25, 0.3) is 5.56 Å². The molecule has 20 heavy (non-hydrogen) atoms. The fourth-order valence-electron chi connectivity index (χ4n) is 1.89. The number of benzene rings is 1. The van der Waals surface area contributed by atoms with Crippen LogP contribution in [0.2, 0.25) is 5.02 Å². The van der Waals surface area contributed by atoms with E-state index in [4.69, 9.17) is 16.3 Å². The van der Waals surface area contributed by atoms with Gasteiger partial charge in [0.15, 0.2) is 0 Å². The van der Waals surface area contributed by atoms with Crippen LogP contribution in [0, 0.1) is 0 Å². The third-order valence-electron chi connectivity index (χ3n) is 2.84. The van der Waals surface area contributed by atoms with Gasteiger partial charge >= 0.3 is 0 Å². The topological polar surface area (TPSA) is 75.2 Å². The first-order valence-electron chi connectivity index (χ1n) is 6.19. The molecule has 0 amide bonds. The van der Waals surface area contributed by atoms with Crippen molar-refractivity contribution in [1.29, 1.82) is 0 Å². The van der Waals surface area contributed by atoms with Gasteiger partial charge in [0.1, 0.15) is 11.4 Å². The summed E-state index contributed by atoms with van der Waals surface area (Å²) in [6, 6.07) is 6.64. The van der Waals surface area contributed by atoms with Crippen LogP contribution in [0.25, 0.3) is 11.1 Å². The minimum atomic E-state index is -0.368. The number of halogens is 1. The molecule has 1 aromatic carbocycles. The van der Waals surface area contributed by atoms with Crippen LogP contribution in [0.15, 0.2) is 29.1 Å². The lowest BCUT2D eigenvalue weighted by atomic mass is 10.1. The molecule has 2 N–H and O–H groups in total. The van der Waals surface area contributed by atoms with Gasteiger partial charge in [-0.2, -0.15) is 4.98 Å². The Labute approximate surface area is 121 Å². The number of aryl methyl sites for hydroxylation is 1. The highest BCUT2D eigenvalue weighted by Crippen LogP contribution is 2.24. The summed E-state index contributed by atoms with van der Waals surface area (Å²) in [6.07, 6.45) is 1.26. The molecule has 1 aromatic heterocycles. The quantitative estimate of drug-likeness (QED) is 0.830. The second-order valence-electron chi connectivity index (χ2n) is 4.31. The van der Waals surface area contributed by atoms with Crippen LogP contribution in [0.1, 0.15) is 12.2 Å². The maximum absolute atomic E-state index is 12.1. The van der Waals surface area contributed by atoms with E-state index in [1.54, 1.807) is 31.4 Å². The van der Waals surface area contributed by atoms with Gasteiger partial charge in [-0.15, -0.1) is 0 Å². The van der Waals surface area contributed by atoms with Crippen LogP contribution in [0.4, 0.5) is 0 Å². The van der Waals surface area contributed by atoms with Gasteiger partial charge in [0.05, 0.1) is 0 Å². The fraction of sp³-hybridized carbons (Fsp3) is 0.286. The van der Waals surface area contributed by atoms with Crippen molar-refractivity contribution in [3.63, 3.8) is 0 Å². The Morgan fingerprint density at radius 3 is 2.65 bits per heavy atom. The minimum absolute atomic E-state index is 0.150. The average molecular weight is 295 g/mol. The number of H-pyrrole nitrogens is 1. The van der Waals surface area contributed by atoms with Gasteiger partial charge in [-0.25, -0.2) is 0 Å². The molecule has 0 fully saturated rings. The first kappa shape index (κ1) is 14.6. The number of rotatable bonds is 5. The van der Waals surface area contributed by atoms with Crippen LogP contribution in [0.3, 0.4) is 0 Å². The monoisotopic (exact) mass is 294 g/mol. The van der Waals surface area contributed by atoms with E-state index in [2.05, 4.69) is 9.97 Å². The van der Waals surface area contributed by atoms with Crippen LogP contribution >= 0.6 is 11.6 Å². The standard InChI is InChI=1S/C14H15ClN2O3/c1-20-8-2-3-11-16-13(18)12(14(19)17-11)9-4-6-10(15)7-5-9/h4-7H,2-3,8H2,1H3,(H2,16,17,18,19). The van der Waals surface area contributed by atoms with E-state index in [0.29, 0.717) is 29.4 Å². The summed E-state index contributed by atoms with van der Waals surface area (Å²) in [5.74, 6) is 0.172. The SMILES string of the molecule is COCCCc1nc(O)c(-c2ccc(Cl)cc2)c(=O)[nH]1. The maximum Gasteiger partial charge on any atom is 0.262 e. The number of aromatic hydroxyl groups is 1. The largest absolute Gasteiger partial charge is 0.493 e. The average Bonchev–Trinajstić information content (AvgIpc) is 2.40. The van der Waals surface area contributed by atoms with Crippen molar-refractivity contribution >= 4 is 11.6 Å². The van der Waals surface area contributed by atoms with E-state index in [1.807, 2.05) is 0 Å². The number of hydrogen-bond donors (Lipinski definition) is 2. The zero-order valence-corrected chi connectivity index (χ0v) is 11.8. The van der Waals surface area contributed by atoms with Crippen molar-refractivity contribution in [2.45, 2.75) is 12.8 Å². The molecule has 5 nitrogen and oxygen atoms in total. The van der Waals surface area contributed by atoms with Crippen LogP contribution < -0.4 is 5.56 Å². The molecule has 0 radical (unpaired) electrons. The van der Waals surface area contributed by atoms with Gasteiger partial charge in [-0.3, -0.25) is 4.79 Å². The number of nitrogens with one attached hydrogen (secondary N) is 1. The molecule has 2 rings (SSSR count). The molecule has 0 saturated carbocycles. The zero-order chi connectivity index (χ0) is 14.5. The lowest BCUT2D eigenvalue weighted by Crippen LogP contribution is -2.14. The Hall–Kier alpha value is -1.85. The number of ether oxygens (including phenoxy) is 1. The summed E-state index contributed by atoms with van der Waals surface area (Å²) in [6.45, 7) is 0.573. The molecular formula is C14H15ClN2O3. The third kappa shape index (κ3) is 3.37. The summed E-state index contributed by atoms with van der Waals surface area (Å²) in [4.78, 5) is 18.7. The second-order valence-corrected chi connectivity index (χ2v) is 4.75. The highest BCUT2D eigenvalue weighted by atomic mass is 35.5. The van der Waals surface area contributed by atoms with Crippen molar-refractivity contribution in [1.82, 2.24) is 9.97 Å². The predicted octanol–water partition coefficient (Wildman–Crippen LogP) is 2.37. The highest BCUT2D eigenvalue weighted by Gasteiger charge is 2.12. The lowest BCUT2D eigenvalue weighted by molar-refractivity contribution is 0.194. The summed E-state index contributed by atoms with van der Waals surface area (Å²) >= 11 is 5.80. The van der Waals surface area contributed by atoms with E-state index in [-0.39, 0.29) is 17.0 Å². The zero-order valence-electron chi connectivity index (χ0n) is 11.0. The van der Waals surface area contributed by atoms with E-state index in [9.17, 15) is 9.90 Å². The molecule has 0 unspecified atom stereocenters. The summed E-state index contributed by atoms with van der Waals surface area (Å²) in [5.41, 5.74) is 0.355. The number of nitrogens with zero attached hydrogens (tertiary/aromatic N) is 1. The second kappa shape index (κ2) is 6.54. The Morgan fingerprint density at radius 1 is 1.35 bits per heavy atom. The number of hydrogen-bond acceptors (Lipinski definition) is 4. The number of aromatic nitrogens is 2. The minimum Gasteiger partial charge on any atom is -0.493 e. The van der Waals surface area contributed by atoms with Gasteiger partial charge in [-0.1, -0.05) is 23.7 Å². The van der Waals surface area contributed by atoms with E-state index in [1.165, 1.54) is 0 Å². The van der Waals surface area contributed by atoms with Gasteiger partial charge in [0, 0.05) is 25.2 Å². The number of methoxy groups -OCH3 is 1. The van der Waals surface area contributed by atoms with Crippen LogP contribution in [-0.4, -0.2) is 28.8 Å². The molecule has 0 bridgehead atoms. The van der Waals surface area contributed by atoms with Crippen molar-refractivity contribution < 1.29 is 9.84 Å². The number of aromatic amines is 1. The van der Waals surface area contributed by atoms with Crippen LogP contribution in [-0.2, 0) is 11.2 Å². The lowest BCUT2D eigenvalue weighted by Gasteiger charge is -2.06. The van der Waals surface area contributed by atoms with E-state index >= 15 is 0 Å². The Kier molecular flexibility index (Phi) is 4.76. The van der Waals surface area contributed by atoms with Crippen molar-refractivity contribution in [2.75, 3.05) is 13.7 Å². The molecule has 0 aliphatic rings. The molecule has 0 aliphatic heterocycles. The highest BCUT2D eigenvalue weighted by molar-refractivity contribution is 6.30. The van der Waals surface area contributed by atoms with Crippen molar-refractivity contribution in [3.8, 4) is 17.0 Å².